The summed E-state index contributed by atoms with van der Waals surface area (Å²) >= 11 is 0. The lowest BCUT2D eigenvalue weighted by Gasteiger charge is -2.35. The van der Waals surface area contributed by atoms with Crippen LogP contribution in [0.1, 0.15) is 37.6 Å². The summed E-state index contributed by atoms with van der Waals surface area (Å²) in [4.78, 5) is 51.9. The summed E-state index contributed by atoms with van der Waals surface area (Å²) < 4.78 is 10.4. The Hall–Kier alpha value is -4.57. The number of guanidine groups is 1. The van der Waals surface area contributed by atoms with E-state index in [0.717, 1.165) is 12.1 Å². The third kappa shape index (κ3) is 11.6. The Kier molecular flexibility index (Phi) is 13.9. The molecule has 11 N–H and O–H groups in total. The Balaban J connectivity index is 2.92. The van der Waals surface area contributed by atoms with E-state index >= 15 is 0 Å². The second kappa shape index (κ2) is 16.5. The number of carboxylic acid groups (broad SMARTS) is 1. The molecule has 41 heavy (non-hydrogen) atoms. The van der Waals surface area contributed by atoms with Crippen LogP contribution in [0.5, 0.6) is 11.5 Å². The van der Waals surface area contributed by atoms with Crippen molar-refractivity contribution in [3.05, 3.63) is 35.4 Å². The third-order valence-electron chi connectivity index (χ3n) is 5.72. The number of aromatic hydroxyl groups is 2. The highest BCUT2D eigenvalue weighted by atomic mass is 16.6. The number of aliphatic hydroxyl groups excluding tert-OH is 2. The minimum absolute atomic E-state index is 0.00337. The van der Waals surface area contributed by atoms with Gasteiger partial charge in [-0.15, -0.1) is 0 Å². The van der Waals surface area contributed by atoms with Crippen molar-refractivity contribution in [2.75, 3.05) is 19.8 Å². The van der Waals surface area contributed by atoms with E-state index in [9.17, 15) is 44.7 Å². The largest absolute Gasteiger partial charge is 0.504 e. The number of esters is 1. The molecular formula is C25H37N5O11. The standard InChI is InChI=1S/C25H37N5O11/c1-12(22(36)37)9-16(30-24(26)27)20(29-14(3)32)13(2)21(19(35)11-31)41-25(39)28-7-4-8-40-23(38)15-5-6-17(33)18(34)10-15/h5-6,9-10,13,16,19-21,31,33-35H,4,7-8,11H2,1-3H3,(H,28,39)(H,29,32)(H,36,37)(H4,26,27,30)/b12-9+/t13-,16+,19-,20+,21+/m1/s1. The molecule has 0 saturated carbocycles. The van der Waals surface area contributed by atoms with Crippen LogP contribution in [0.3, 0.4) is 0 Å². The summed E-state index contributed by atoms with van der Waals surface area (Å²) in [5, 5.41) is 53.0. The smallest absolute Gasteiger partial charge is 0.407 e. The predicted molar refractivity (Wildman–Crippen MR) is 144 cm³/mol. The highest BCUT2D eigenvalue weighted by Gasteiger charge is 2.38. The van der Waals surface area contributed by atoms with E-state index in [-0.39, 0.29) is 30.7 Å². The lowest BCUT2D eigenvalue weighted by molar-refractivity contribution is -0.132. The molecule has 0 aliphatic carbocycles. The summed E-state index contributed by atoms with van der Waals surface area (Å²) in [6.45, 7) is 2.95. The summed E-state index contributed by atoms with van der Waals surface area (Å²) in [6.07, 6.45) is -2.72. The number of carbonyl (C=O) groups is 4. The average molecular weight is 584 g/mol. The summed E-state index contributed by atoms with van der Waals surface area (Å²) in [6, 6.07) is 1.17. The van der Waals surface area contributed by atoms with Gasteiger partial charge in [0.25, 0.3) is 0 Å². The fourth-order valence-corrected chi connectivity index (χ4v) is 3.65. The van der Waals surface area contributed by atoms with Gasteiger partial charge < -0.3 is 57.1 Å². The first-order chi connectivity index (χ1) is 19.2. The van der Waals surface area contributed by atoms with E-state index in [1.165, 1.54) is 32.9 Å². The van der Waals surface area contributed by atoms with Crippen LogP contribution in [-0.2, 0) is 19.1 Å². The minimum atomic E-state index is -1.61. The van der Waals surface area contributed by atoms with Gasteiger partial charge in [-0.2, -0.15) is 0 Å². The number of amides is 2. The molecule has 1 rings (SSSR count). The molecular weight excluding hydrogens is 546 g/mol. The van der Waals surface area contributed by atoms with E-state index < -0.39 is 78.2 Å². The fourth-order valence-electron chi connectivity index (χ4n) is 3.65. The van der Waals surface area contributed by atoms with Crippen LogP contribution in [0.25, 0.3) is 0 Å². The number of aliphatic imine (C=N–C) groups is 1. The zero-order chi connectivity index (χ0) is 31.3. The zero-order valence-electron chi connectivity index (χ0n) is 22.8. The van der Waals surface area contributed by atoms with Gasteiger partial charge >= 0.3 is 18.0 Å². The first kappa shape index (κ1) is 34.5. The molecule has 0 unspecified atom stereocenters. The van der Waals surface area contributed by atoms with Crippen LogP contribution < -0.4 is 22.1 Å². The lowest BCUT2D eigenvalue weighted by Crippen LogP contribution is -2.54. The monoisotopic (exact) mass is 583 g/mol. The molecule has 0 aromatic heterocycles. The maximum absolute atomic E-state index is 12.5. The second-order valence-electron chi connectivity index (χ2n) is 9.02. The van der Waals surface area contributed by atoms with Crippen molar-refractivity contribution in [3.63, 3.8) is 0 Å². The number of alkyl carbamates (subject to hydrolysis) is 1. The van der Waals surface area contributed by atoms with E-state index in [0.29, 0.717) is 0 Å². The number of hydrogen-bond donors (Lipinski definition) is 9. The Morgan fingerprint density at radius 3 is 2.32 bits per heavy atom. The number of benzene rings is 1. The molecule has 2 amide bonds. The number of aliphatic carboxylic acids is 1. The van der Waals surface area contributed by atoms with Gasteiger partial charge in [-0.25, -0.2) is 19.4 Å². The molecule has 0 bridgehead atoms. The fraction of sp³-hybridized carbons (Fsp3) is 0.480. The van der Waals surface area contributed by atoms with Crippen LogP contribution in [0.15, 0.2) is 34.8 Å². The molecule has 0 fully saturated rings. The van der Waals surface area contributed by atoms with E-state index in [2.05, 4.69) is 15.6 Å². The maximum atomic E-state index is 12.5. The molecule has 0 saturated heterocycles. The van der Waals surface area contributed by atoms with Crippen LogP contribution in [-0.4, -0.2) is 99.5 Å². The van der Waals surface area contributed by atoms with Crippen molar-refractivity contribution >= 4 is 29.9 Å². The zero-order valence-corrected chi connectivity index (χ0v) is 22.8. The van der Waals surface area contributed by atoms with E-state index in [4.69, 9.17) is 20.9 Å². The molecule has 1 aromatic carbocycles. The van der Waals surface area contributed by atoms with Crippen LogP contribution in [0, 0.1) is 5.92 Å². The summed E-state index contributed by atoms with van der Waals surface area (Å²) in [7, 11) is 0. The number of carboxylic acids is 1. The molecule has 1 aromatic rings. The molecule has 16 nitrogen and oxygen atoms in total. The molecule has 0 aliphatic heterocycles. The molecule has 0 spiro atoms. The summed E-state index contributed by atoms with van der Waals surface area (Å²) in [5.74, 6) is -4.88. The van der Waals surface area contributed by atoms with Crippen LogP contribution >= 0.6 is 0 Å². The number of phenols is 2. The Labute approximate surface area is 235 Å². The van der Waals surface area contributed by atoms with E-state index in [1.807, 2.05) is 0 Å². The van der Waals surface area contributed by atoms with Gasteiger partial charge in [0.15, 0.2) is 17.5 Å². The van der Waals surface area contributed by atoms with Crippen LogP contribution in [0.4, 0.5) is 4.79 Å². The number of nitrogens with one attached hydrogen (secondary N) is 2. The number of carbonyl (C=O) groups excluding carboxylic acids is 3. The minimum Gasteiger partial charge on any atom is -0.504 e. The molecule has 0 radical (unpaired) electrons. The third-order valence-corrected chi connectivity index (χ3v) is 5.72. The number of hydrogen-bond acceptors (Lipinski definition) is 11. The Morgan fingerprint density at radius 2 is 1.78 bits per heavy atom. The summed E-state index contributed by atoms with van der Waals surface area (Å²) in [5.41, 5.74) is 10.9. The normalized spacial score (nSPS) is 14.9. The quantitative estimate of drug-likeness (QED) is 0.0297. The first-order valence-electron chi connectivity index (χ1n) is 12.4. The van der Waals surface area contributed by atoms with Crippen LogP contribution in [0.2, 0.25) is 0 Å². The highest BCUT2D eigenvalue weighted by Crippen LogP contribution is 2.25. The molecule has 5 atom stereocenters. The molecule has 0 aliphatic rings. The highest BCUT2D eigenvalue weighted by molar-refractivity contribution is 5.90. The Morgan fingerprint density at radius 1 is 1.12 bits per heavy atom. The number of ether oxygens (including phenoxy) is 2. The van der Waals surface area contributed by atoms with Crippen molar-refractivity contribution in [1.82, 2.24) is 10.6 Å². The molecule has 228 valence electrons. The first-order valence-corrected chi connectivity index (χ1v) is 12.4. The lowest BCUT2D eigenvalue weighted by atomic mass is 9.86. The van der Waals surface area contributed by atoms with Gasteiger partial charge in [-0.05, 0) is 37.6 Å². The van der Waals surface area contributed by atoms with Crippen molar-refractivity contribution < 1.29 is 54.2 Å². The molecule has 0 heterocycles. The predicted octanol–water partition coefficient (Wildman–Crippen LogP) is -1.09. The van der Waals surface area contributed by atoms with E-state index in [1.54, 1.807) is 0 Å². The van der Waals surface area contributed by atoms with Gasteiger partial charge in [-0.1, -0.05) is 6.92 Å². The maximum Gasteiger partial charge on any atom is 0.407 e. The van der Waals surface area contributed by atoms with Crippen molar-refractivity contribution in [1.29, 1.82) is 0 Å². The van der Waals surface area contributed by atoms with Gasteiger partial charge in [0.05, 0.1) is 30.9 Å². The van der Waals surface area contributed by atoms with Gasteiger partial charge in [0.1, 0.15) is 12.2 Å². The van der Waals surface area contributed by atoms with Gasteiger partial charge in [-0.3, -0.25) is 4.79 Å². The van der Waals surface area contributed by atoms with Crippen molar-refractivity contribution in [2.45, 2.75) is 51.5 Å². The number of rotatable bonds is 15. The number of nitrogens with zero attached hydrogens (tertiary/aromatic N) is 1. The number of nitrogens with two attached hydrogens (primary N) is 2. The number of phenolic OH excluding ortho intramolecular Hbond substituents is 2. The van der Waals surface area contributed by atoms with Gasteiger partial charge in [0.2, 0.25) is 5.91 Å². The van der Waals surface area contributed by atoms with Gasteiger partial charge in [0, 0.05) is 25.0 Å². The van der Waals surface area contributed by atoms with Crippen molar-refractivity contribution in [3.8, 4) is 11.5 Å². The average Bonchev–Trinajstić information content (AvgIpc) is 2.89. The van der Waals surface area contributed by atoms with Crippen molar-refractivity contribution in [2.24, 2.45) is 22.4 Å². The second-order valence-corrected chi connectivity index (χ2v) is 9.02. The topological polar surface area (TPSA) is 276 Å². The molecule has 16 heteroatoms. The SMILES string of the molecule is CC(=O)N[C@@H]([C@@H](C)[C@H](OC(=O)NCCCOC(=O)c1ccc(O)c(O)c1)[C@H](O)CO)[C@H](/C=C(\C)C(=O)O)N=C(N)N. The Bertz CT molecular complexity index is 1140. The number of aliphatic hydroxyl groups is 2.